The lowest BCUT2D eigenvalue weighted by Gasteiger charge is -2.32. The molecular weight excluding hydrogens is 923 g/mol. The monoisotopic (exact) mass is 981 g/mol. The van der Waals surface area contributed by atoms with Crippen molar-refractivity contribution < 1.29 is 47.0 Å². The third-order valence-electron chi connectivity index (χ3n) is 12.0. The highest BCUT2D eigenvalue weighted by molar-refractivity contribution is 7.87. The minimum atomic E-state index is -4.25. The van der Waals surface area contributed by atoms with Gasteiger partial charge in [-0.25, -0.2) is 19.8 Å². The van der Waals surface area contributed by atoms with Crippen LogP contribution in [-0.4, -0.2) is 115 Å². The Kier molecular flexibility index (Phi) is 17.5. The molecule has 10 N–H and O–H groups in total. The number of rotatable bonds is 16. The average molecular weight is 982 g/mol. The van der Waals surface area contributed by atoms with Crippen molar-refractivity contribution in [2.45, 2.75) is 96.0 Å². The van der Waals surface area contributed by atoms with Crippen molar-refractivity contribution in [1.82, 2.24) is 40.9 Å². The molecule has 5 amide bonds. The lowest BCUT2D eigenvalue weighted by atomic mass is 9.93. The first-order valence-corrected chi connectivity index (χ1v) is 24.4. The van der Waals surface area contributed by atoms with E-state index in [2.05, 4.69) is 36.0 Å². The summed E-state index contributed by atoms with van der Waals surface area (Å²) in [7, 11) is -2.96. The molecule has 1 aliphatic carbocycles. The number of amides is 5. The van der Waals surface area contributed by atoms with E-state index < -0.39 is 70.5 Å². The summed E-state index contributed by atoms with van der Waals surface area (Å²) in [5.74, 6) is -2.88. The number of hydrogen-bond donors (Lipinski definition) is 8. The molecule has 6 rings (SSSR count). The Morgan fingerprint density at radius 1 is 0.971 bits per heavy atom. The summed E-state index contributed by atoms with van der Waals surface area (Å²) in [4.78, 5) is 80.9. The Labute approximate surface area is 406 Å². The maximum absolute atomic E-state index is 14.9. The number of aryl methyl sites for hydroxylation is 2. The Morgan fingerprint density at radius 3 is 2.33 bits per heavy atom. The molecule has 4 aromatic rings. The van der Waals surface area contributed by atoms with Crippen molar-refractivity contribution in [3.05, 3.63) is 88.7 Å². The van der Waals surface area contributed by atoms with Crippen LogP contribution < -0.4 is 46.3 Å². The van der Waals surface area contributed by atoms with E-state index in [9.17, 15) is 37.5 Å². The predicted molar refractivity (Wildman–Crippen MR) is 257 cm³/mol. The first-order chi connectivity index (χ1) is 33.4. The summed E-state index contributed by atoms with van der Waals surface area (Å²) in [6.07, 6.45) is 5.22. The van der Waals surface area contributed by atoms with Crippen molar-refractivity contribution in [3.8, 4) is 45.8 Å². The van der Waals surface area contributed by atoms with Gasteiger partial charge in [0.25, 0.3) is 16.1 Å². The molecule has 1 fully saturated rings. The second-order valence-corrected chi connectivity index (χ2v) is 18.6. The number of aromatic nitrogens is 2. The molecule has 1 saturated carbocycles. The summed E-state index contributed by atoms with van der Waals surface area (Å²) in [6, 6.07) is 12.7. The largest absolute Gasteiger partial charge is 0.507 e. The van der Waals surface area contributed by atoms with E-state index in [4.69, 9.17) is 25.6 Å². The van der Waals surface area contributed by atoms with Crippen molar-refractivity contribution in [2.24, 2.45) is 10.9 Å². The van der Waals surface area contributed by atoms with Gasteiger partial charge < -0.3 is 46.5 Å². The average Bonchev–Trinajstić information content (AvgIpc) is 3.32. The number of aromatic hydroxyl groups is 1. The fourth-order valence-electron chi connectivity index (χ4n) is 8.49. The maximum atomic E-state index is 14.9. The molecule has 0 spiro atoms. The zero-order chi connectivity index (χ0) is 50.7. The Hall–Kier alpha value is -7.19. The number of nitrogens with zero attached hydrogens (tertiary/aromatic N) is 4. The summed E-state index contributed by atoms with van der Waals surface area (Å²) >= 11 is 0. The van der Waals surface area contributed by atoms with E-state index in [1.807, 2.05) is 30.3 Å². The van der Waals surface area contributed by atoms with Crippen LogP contribution in [0.5, 0.6) is 17.2 Å². The molecule has 21 nitrogen and oxygen atoms in total. The molecule has 1 aromatic heterocycles. The lowest BCUT2D eigenvalue weighted by Crippen LogP contribution is -2.56. The summed E-state index contributed by atoms with van der Waals surface area (Å²) in [5.41, 5.74) is 8.20. The number of nitrogens with two attached hydrogens (primary N) is 2. The zero-order valence-corrected chi connectivity index (χ0v) is 40.2. The minimum Gasteiger partial charge on any atom is -0.507 e. The molecule has 4 atom stereocenters. The van der Waals surface area contributed by atoms with Gasteiger partial charge in [0, 0.05) is 43.2 Å². The van der Waals surface area contributed by atoms with E-state index in [0.717, 1.165) is 36.3 Å². The molecule has 70 heavy (non-hydrogen) atoms. The SMILES string of the molecule is Cc1nc(-c2ccc(OC3CCCCC3)cc2)nc(C)c1C(=O)NC(CCNS(N)(=O)=O)C(=O)N(C)C1C(=O)NC(C)C(=O)NC(C(=O)NCC#N)Cc2ccc(O)c(c2)-c2cc1ccc2OCCN. The number of likely N-dealkylation sites (N-methyl/N-ethyl adjacent to an activating group) is 1. The number of ether oxygens (including phenoxy) is 2. The normalized spacial score (nSPS) is 17.9. The Balaban J connectivity index is 1.35. The Bertz CT molecular complexity index is 2720. The first kappa shape index (κ1) is 52.2. The third-order valence-corrected chi connectivity index (χ3v) is 12.6. The molecule has 3 aromatic carbocycles. The van der Waals surface area contributed by atoms with Crippen molar-refractivity contribution in [3.63, 3.8) is 0 Å². The lowest BCUT2D eigenvalue weighted by molar-refractivity contribution is -0.141. The van der Waals surface area contributed by atoms with Gasteiger partial charge in [0.2, 0.25) is 23.6 Å². The van der Waals surface area contributed by atoms with Crippen molar-refractivity contribution in [2.75, 3.05) is 33.3 Å². The van der Waals surface area contributed by atoms with Crippen molar-refractivity contribution >= 4 is 39.7 Å². The molecular formula is C48H59N11O10S. The fraction of sp³-hybridized carbons (Fsp3) is 0.417. The summed E-state index contributed by atoms with van der Waals surface area (Å²) in [5, 5.41) is 36.0. The number of fused-ring (bicyclic) bond motifs is 5. The first-order valence-electron chi connectivity index (χ1n) is 22.9. The molecule has 1 aliphatic heterocycles. The molecule has 0 radical (unpaired) electrons. The standard InChI is InChI=1S/C48H59N11O10S/c1-27-41(28(2)55-43(54-27)31-11-14-34(15-12-31)69-33-8-6-5-7-9-33)46(63)57-37(18-21-53-70(51,66)67)48(65)59(4)42-32-13-17-40(68-23-20-50)36(26-32)35-24-30(10-16-39(35)60)25-38(45(62)52-22-19-49)58-44(61)29(3)56-47(42)64/h10-17,24,26,29,33,37-38,42,53,60H,5-9,18,20-23,25,50H2,1-4H3,(H,52,62)(H,56,64)(H,57,63)(H,58,61)(H2,51,66,67). The van der Waals surface area contributed by atoms with Crippen LogP contribution in [0.15, 0.2) is 60.7 Å². The minimum absolute atomic E-state index is 0.0517. The highest BCUT2D eigenvalue weighted by Gasteiger charge is 2.37. The van der Waals surface area contributed by atoms with Gasteiger partial charge in [0.05, 0.1) is 29.1 Å². The van der Waals surface area contributed by atoms with Crippen LogP contribution >= 0.6 is 0 Å². The van der Waals surface area contributed by atoms with E-state index in [1.54, 1.807) is 26.0 Å². The smallest absolute Gasteiger partial charge is 0.274 e. The number of hydrogen-bond acceptors (Lipinski definition) is 14. The summed E-state index contributed by atoms with van der Waals surface area (Å²) < 4.78 is 38.2. The van der Waals surface area contributed by atoms with Crippen LogP contribution in [0.25, 0.3) is 22.5 Å². The second kappa shape index (κ2) is 23.4. The zero-order valence-electron chi connectivity index (χ0n) is 39.4. The van der Waals surface area contributed by atoms with E-state index in [1.165, 1.54) is 44.7 Å². The number of benzene rings is 3. The van der Waals surface area contributed by atoms with Crippen LogP contribution in [0, 0.1) is 25.2 Å². The topological polar surface area (TPSA) is 323 Å². The Morgan fingerprint density at radius 2 is 1.67 bits per heavy atom. The number of phenolic OH excluding ortho intramolecular Hbond substituents is 1. The van der Waals surface area contributed by atoms with Gasteiger partial charge in [-0.2, -0.15) is 13.7 Å². The number of carbonyl (C=O) groups is 5. The van der Waals surface area contributed by atoms with Gasteiger partial charge in [-0.3, -0.25) is 24.0 Å². The summed E-state index contributed by atoms with van der Waals surface area (Å²) in [6.45, 7) is 4.02. The number of carbonyl (C=O) groups excluding carboxylic acids is 5. The fourth-order valence-corrected chi connectivity index (χ4v) is 8.89. The number of nitrogens with one attached hydrogen (secondary N) is 5. The third kappa shape index (κ3) is 13.3. The van der Waals surface area contributed by atoms with Crippen molar-refractivity contribution in [1.29, 1.82) is 5.26 Å². The van der Waals surface area contributed by atoms with Crippen LogP contribution in [-0.2, 0) is 35.8 Å². The number of phenols is 1. The van der Waals surface area contributed by atoms with Gasteiger partial charge in [-0.1, -0.05) is 18.6 Å². The van der Waals surface area contributed by atoms with Gasteiger partial charge >= 0.3 is 0 Å². The van der Waals surface area contributed by atoms with Crippen LogP contribution in [0.4, 0.5) is 0 Å². The second-order valence-electron chi connectivity index (χ2n) is 17.2. The molecule has 372 valence electrons. The van der Waals surface area contributed by atoms with E-state index in [0.29, 0.717) is 17.0 Å². The highest BCUT2D eigenvalue weighted by Crippen LogP contribution is 2.40. The molecule has 0 saturated heterocycles. The molecule has 2 heterocycles. The van der Waals surface area contributed by atoms with Gasteiger partial charge in [0.1, 0.15) is 54.6 Å². The molecule has 4 unspecified atom stereocenters. The molecule has 22 heteroatoms. The van der Waals surface area contributed by atoms with Crippen LogP contribution in [0.1, 0.15) is 84.4 Å². The number of nitriles is 1. The predicted octanol–water partition coefficient (Wildman–Crippen LogP) is 1.85. The van der Waals surface area contributed by atoms with E-state index in [-0.39, 0.29) is 83.8 Å². The maximum Gasteiger partial charge on any atom is 0.274 e. The van der Waals surface area contributed by atoms with Crippen LogP contribution in [0.3, 0.4) is 0 Å². The molecule has 4 bridgehead atoms. The van der Waals surface area contributed by atoms with Gasteiger partial charge in [0.15, 0.2) is 5.82 Å². The molecule has 2 aliphatic rings. The van der Waals surface area contributed by atoms with Crippen LogP contribution in [0.2, 0.25) is 0 Å². The highest BCUT2D eigenvalue weighted by atomic mass is 32.2. The van der Waals surface area contributed by atoms with Gasteiger partial charge in [-0.05, 0) is 113 Å². The van der Waals surface area contributed by atoms with Gasteiger partial charge in [-0.15, -0.1) is 0 Å². The van der Waals surface area contributed by atoms with E-state index >= 15 is 0 Å². The quantitative estimate of drug-likeness (QED) is 0.0744.